The van der Waals surface area contributed by atoms with E-state index < -0.39 is 0 Å². The van der Waals surface area contributed by atoms with Crippen LogP contribution in [0.4, 0.5) is 0 Å². The predicted octanol–water partition coefficient (Wildman–Crippen LogP) is 2.54. The summed E-state index contributed by atoms with van der Waals surface area (Å²) in [5.74, 6) is 1.68. The molecule has 0 saturated heterocycles. The first-order valence-electron chi connectivity index (χ1n) is 5.71. The Morgan fingerprint density at radius 1 is 0.833 bits per heavy atom. The highest BCUT2D eigenvalue weighted by Gasteiger charge is 2.11. The minimum Gasteiger partial charge on any atom is -0.310 e. The van der Waals surface area contributed by atoms with Crippen LogP contribution < -0.4 is 0 Å². The van der Waals surface area contributed by atoms with Crippen LogP contribution in [0.25, 0.3) is 22.8 Å². The second kappa shape index (κ2) is 4.41. The maximum absolute atomic E-state index is 4.25. The first kappa shape index (κ1) is 10.7. The molecule has 3 rings (SSSR count). The number of benzene rings is 1. The van der Waals surface area contributed by atoms with Crippen molar-refractivity contribution in [2.75, 3.05) is 0 Å². The van der Waals surface area contributed by atoms with Crippen LogP contribution in [0.5, 0.6) is 0 Å². The normalized spacial score (nSPS) is 10.5. The molecule has 18 heavy (non-hydrogen) atoms. The zero-order valence-corrected chi connectivity index (χ0v) is 9.99. The molecule has 0 aliphatic heterocycles. The summed E-state index contributed by atoms with van der Waals surface area (Å²) in [6, 6.07) is 13.9. The second-order valence-electron chi connectivity index (χ2n) is 4.01. The highest BCUT2D eigenvalue weighted by molar-refractivity contribution is 5.61. The number of pyridine rings is 1. The van der Waals surface area contributed by atoms with E-state index in [9.17, 15) is 0 Å². The zero-order chi connectivity index (χ0) is 12.4. The van der Waals surface area contributed by atoms with Gasteiger partial charge in [-0.25, -0.2) is 0 Å². The molecule has 0 saturated carbocycles. The van der Waals surface area contributed by atoms with Crippen molar-refractivity contribution >= 4 is 0 Å². The summed E-state index contributed by atoms with van der Waals surface area (Å²) in [6.45, 7) is 0. The maximum atomic E-state index is 4.25. The summed E-state index contributed by atoms with van der Waals surface area (Å²) in [4.78, 5) is 4.10. The Bertz CT molecular complexity index is 587. The molecule has 0 spiro atoms. The van der Waals surface area contributed by atoms with Crippen LogP contribution in [0, 0.1) is 0 Å². The zero-order valence-electron chi connectivity index (χ0n) is 9.99. The molecule has 0 aliphatic rings. The molecule has 4 heteroatoms. The summed E-state index contributed by atoms with van der Waals surface area (Å²) < 4.78 is 1.98. The molecule has 0 fully saturated rings. The van der Waals surface area contributed by atoms with E-state index in [1.165, 1.54) is 0 Å². The van der Waals surface area contributed by atoms with Gasteiger partial charge in [-0.2, -0.15) is 0 Å². The van der Waals surface area contributed by atoms with Crippen molar-refractivity contribution in [1.82, 2.24) is 19.7 Å². The Hall–Kier alpha value is -2.49. The van der Waals surface area contributed by atoms with Crippen molar-refractivity contribution in [2.45, 2.75) is 0 Å². The van der Waals surface area contributed by atoms with Gasteiger partial charge >= 0.3 is 0 Å². The van der Waals surface area contributed by atoms with E-state index in [2.05, 4.69) is 15.2 Å². The topological polar surface area (TPSA) is 43.6 Å². The van der Waals surface area contributed by atoms with Crippen molar-refractivity contribution in [3.8, 4) is 22.8 Å². The van der Waals surface area contributed by atoms with E-state index >= 15 is 0 Å². The van der Waals surface area contributed by atoms with Crippen molar-refractivity contribution in [2.24, 2.45) is 7.05 Å². The van der Waals surface area contributed by atoms with Gasteiger partial charge in [0, 0.05) is 30.6 Å². The summed E-state index contributed by atoms with van der Waals surface area (Å²) >= 11 is 0. The number of hydrogen-bond donors (Lipinski definition) is 0. The molecular weight excluding hydrogens is 224 g/mol. The number of hydrogen-bond acceptors (Lipinski definition) is 3. The fourth-order valence-corrected chi connectivity index (χ4v) is 1.91. The monoisotopic (exact) mass is 236 g/mol. The molecule has 4 nitrogen and oxygen atoms in total. The molecular formula is C14H12N4. The lowest BCUT2D eigenvalue weighted by Crippen LogP contribution is -1.95. The van der Waals surface area contributed by atoms with Crippen LogP contribution in [0.1, 0.15) is 0 Å². The second-order valence-corrected chi connectivity index (χ2v) is 4.01. The molecule has 2 aromatic heterocycles. The largest absolute Gasteiger partial charge is 0.310 e. The Balaban J connectivity index is 2.09. The smallest absolute Gasteiger partial charge is 0.165 e. The molecule has 0 aliphatic carbocycles. The van der Waals surface area contributed by atoms with Crippen LogP contribution in [0.15, 0.2) is 54.9 Å². The molecule has 0 atom stereocenters. The fraction of sp³-hybridized carbons (Fsp3) is 0.0714. The summed E-state index contributed by atoms with van der Waals surface area (Å²) in [5.41, 5.74) is 2.03. The number of nitrogens with zero attached hydrogens (tertiary/aromatic N) is 4. The van der Waals surface area contributed by atoms with Gasteiger partial charge in [0.25, 0.3) is 0 Å². The van der Waals surface area contributed by atoms with Crippen LogP contribution in [-0.4, -0.2) is 19.7 Å². The first-order valence-corrected chi connectivity index (χ1v) is 5.71. The van der Waals surface area contributed by atoms with E-state index in [4.69, 9.17) is 0 Å². The summed E-state index contributed by atoms with van der Waals surface area (Å²) in [5, 5.41) is 8.48. The van der Waals surface area contributed by atoms with Gasteiger partial charge < -0.3 is 4.57 Å². The Morgan fingerprint density at radius 3 is 2.17 bits per heavy atom. The van der Waals surface area contributed by atoms with E-state index in [0.29, 0.717) is 0 Å². The predicted molar refractivity (Wildman–Crippen MR) is 69.7 cm³/mol. The van der Waals surface area contributed by atoms with Gasteiger partial charge in [0.1, 0.15) is 0 Å². The lowest BCUT2D eigenvalue weighted by molar-refractivity contribution is 0.928. The molecule has 2 heterocycles. The average Bonchev–Trinajstić information content (AvgIpc) is 2.83. The van der Waals surface area contributed by atoms with Crippen molar-refractivity contribution < 1.29 is 0 Å². The molecule has 0 unspecified atom stereocenters. The number of aromatic nitrogens is 4. The van der Waals surface area contributed by atoms with E-state index in [1.54, 1.807) is 12.4 Å². The van der Waals surface area contributed by atoms with Gasteiger partial charge in [-0.3, -0.25) is 4.98 Å². The lowest BCUT2D eigenvalue weighted by atomic mass is 10.2. The van der Waals surface area contributed by atoms with Crippen molar-refractivity contribution in [3.63, 3.8) is 0 Å². The Labute approximate surface area is 105 Å². The standard InChI is InChI=1S/C14H12N4/c1-18-13(11-6-3-2-4-7-11)16-17-14(18)12-8-5-9-15-10-12/h2-10H,1H3. The van der Waals surface area contributed by atoms with Gasteiger partial charge in [0.05, 0.1) is 0 Å². The molecule has 88 valence electrons. The lowest BCUT2D eigenvalue weighted by Gasteiger charge is -2.03. The molecule has 0 bridgehead atoms. The van der Waals surface area contributed by atoms with Crippen LogP contribution in [0.2, 0.25) is 0 Å². The van der Waals surface area contributed by atoms with Crippen molar-refractivity contribution in [3.05, 3.63) is 54.9 Å². The summed E-state index contributed by atoms with van der Waals surface area (Å²) in [6.07, 6.45) is 3.54. The first-order chi connectivity index (χ1) is 8.86. The minimum atomic E-state index is 0.821. The van der Waals surface area contributed by atoms with Crippen LogP contribution >= 0.6 is 0 Å². The van der Waals surface area contributed by atoms with Gasteiger partial charge in [-0.1, -0.05) is 30.3 Å². The third kappa shape index (κ3) is 1.78. The quantitative estimate of drug-likeness (QED) is 0.686. The van der Waals surface area contributed by atoms with E-state index in [1.807, 2.05) is 54.1 Å². The van der Waals surface area contributed by atoms with Gasteiger partial charge in [-0.05, 0) is 12.1 Å². The molecule has 0 N–H and O–H groups in total. The maximum Gasteiger partial charge on any atom is 0.165 e. The minimum absolute atomic E-state index is 0.821. The molecule has 1 aromatic carbocycles. The Kier molecular flexibility index (Phi) is 2.61. The third-order valence-electron chi connectivity index (χ3n) is 2.83. The fourth-order valence-electron chi connectivity index (χ4n) is 1.91. The highest BCUT2D eigenvalue weighted by atomic mass is 15.3. The SMILES string of the molecule is Cn1c(-c2ccccc2)nnc1-c1cccnc1. The van der Waals surface area contributed by atoms with Gasteiger partial charge in [0.2, 0.25) is 0 Å². The van der Waals surface area contributed by atoms with Gasteiger partial charge in [0.15, 0.2) is 11.6 Å². The van der Waals surface area contributed by atoms with E-state index in [-0.39, 0.29) is 0 Å². The molecule has 0 radical (unpaired) electrons. The van der Waals surface area contributed by atoms with Crippen LogP contribution in [0.3, 0.4) is 0 Å². The Morgan fingerprint density at radius 2 is 1.50 bits per heavy atom. The van der Waals surface area contributed by atoms with Crippen molar-refractivity contribution in [1.29, 1.82) is 0 Å². The van der Waals surface area contributed by atoms with Gasteiger partial charge in [-0.15, -0.1) is 10.2 Å². The third-order valence-corrected chi connectivity index (χ3v) is 2.83. The highest BCUT2D eigenvalue weighted by Crippen LogP contribution is 2.22. The molecule has 0 amide bonds. The van der Waals surface area contributed by atoms with Crippen LogP contribution in [-0.2, 0) is 7.05 Å². The summed E-state index contributed by atoms with van der Waals surface area (Å²) in [7, 11) is 1.96. The van der Waals surface area contributed by atoms with E-state index in [0.717, 1.165) is 22.8 Å². The average molecular weight is 236 g/mol. The molecule has 3 aromatic rings. The number of rotatable bonds is 2.